The highest BCUT2D eigenvalue weighted by Crippen LogP contribution is 2.40. The van der Waals surface area contributed by atoms with Crippen molar-refractivity contribution in [2.45, 2.75) is 78.2 Å². The molecular weight excluding hydrogens is 589 g/mol. The molecule has 0 fully saturated rings. The number of pyridine rings is 1. The van der Waals surface area contributed by atoms with E-state index >= 15 is 0 Å². The van der Waals surface area contributed by atoms with Crippen LogP contribution in [0.4, 0.5) is 0 Å². The highest BCUT2D eigenvalue weighted by atomic mass is 28.4. The number of allylic oxidation sites excluding steroid dienone is 1. The minimum absolute atomic E-state index is 0.00903. The van der Waals surface area contributed by atoms with E-state index in [0.717, 1.165) is 51.4 Å². The smallest absolute Gasteiger partial charge is 0.272 e. The normalized spacial score (nSPS) is 14.6. The van der Waals surface area contributed by atoms with Gasteiger partial charge in [-0.2, -0.15) is 5.10 Å². The highest BCUT2D eigenvalue weighted by molar-refractivity contribution is 6.74. The van der Waals surface area contributed by atoms with E-state index in [1.54, 1.807) is 0 Å². The first-order valence-corrected chi connectivity index (χ1v) is 19.3. The molecule has 8 heteroatoms. The number of rotatable bonds is 10. The number of ether oxygens (including phenoxy) is 1. The molecule has 0 radical (unpaired) electrons. The highest BCUT2D eigenvalue weighted by Gasteiger charge is 2.38. The Morgan fingerprint density at radius 2 is 1.72 bits per heavy atom. The van der Waals surface area contributed by atoms with E-state index in [1.807, 2.05) is 46.1 Å². The Morgan fingerprint density at radius 3 is 2.41 bits per heavy atom. The molecule has 240 valence electrons. The van der Waals surface area contributed by atoms with Gasteiger partial charge in [-0.1, -0.05) is 83.2 Å². The van der Waals surface area contributed by atoms with E-state index < -0.39 is 8.32 Å². The number of nitrogens with zero attached hydrogens (tertiary/aromatic N) is 4. The molecule has 3 heterocycles. The first kappa shape index (κ1) is 31.9. The number of hydrogen-bond acceptors (Lipinski definition) is 5. The third kappa shape index (κ3) is 6.33. The molecular formula is C38H46N4O3Si. The van der Waals surface area contributed by atoms with E-state index in [2.05, 4.69) is 89.1 Å². The average molecular weight is 635 g/mol. The van der Waals surface area contributed by atoms with Crippen molar-refractivity contribution in [2.24, 2.45) is 0 Å². The SMILES string of the molecule is CC(C)c1ccc(COc2ccc(-c3c(-c4ccnc5c4C=CC5)nn4c3C(=O)N(CCO[Si](C)(C)C(C)(C)C)CC4)cc2)cc1. The van der Waals surface area contributed by atoms with Gasteiger partial charge >= 0.3 is 0 Å². The molecule has 1 aliphatic heterocycles. The summed E-state index contributed by atoms with van der Waals surface area (Å²) >= 11 is 0. The maximum Gasteiger partial charge on any atom is 0.272 e. The van der Waals surface area contributed by atoms with Crippen LogP contribution in [0, 0.1) is 0 Å². The van der Waals surface area contributed by atoms with Gasteiger partial charge < -0.3 is 14.1 Å². The minimum Gasteiger partial charge on any atom is -0.489 e. The second-order valence-electron chi connectivity index (χ2n) is 14.2. The van der Waals surface area contributed by atoms with Crippen LogP contribution in [0.5, 0.6) is 5.75 Å². The molecule has 0 saturated carbocycles. The first-order valence-electron chi connectivity index (χ1n) is 16.4. The van der Waals surface area contributed by atoms with Crippen LogP contribution >= 0.6 is 0 Å². The van der Waals surface area contributed by atoms with Gasteiger partial charge in [-0.25, -0.2) is 0 Å². The summed E-state index contributed by atoms with van der Waals surface area (Å²) in [5.41, 5.74) is 8.79. The van der Waals surface area contributed by atoms with E-state index in [1.165, 1.54) is 5.56 Å². The number of benzene rings is 2. The monoisotopic (exact) mass is 634 g/mol. The number of amides is 1. The lowest BCUT2D eigenvalue weighted by Gasteiger charge is -2.37. The molecule has 0 bridgehead atoms. The molecule has 1 amide bonds. The fraction of sp³-hybridized carbons (Fsp3) is 0.395. The molecule has 6 rings (SSSR count). The minimum atomic E-state index is -1.92. The van der Waals surface area contributed by atoms with Gasteiger partial charge in [-0.3, -0.25) is 14.5 Å². The van der Waals surface area contributed by atoms with Gasteiger partial charge in [0.25, 0.3) is 5.91 Å². The van der Waals surface area contributed by atoms with Gasteiger partial charge in [0, 0.05) is 42.4 Å². The van der Waals surface area contributed by atoms with E-state index in [9.17, 15) is 4.79 Å². The van der Waals surface area contributed by atoms with Gasteiger partial charge in [-0.05, 0) is 58.9 Å². The van der Waals surface area contributed by atoms with Crippen molar-refractivity contribution < 1.29 is 14.0 Å². The zero-order chi connectivity index (χ0) is 32.6. The Hall–Kier alpha value is -4.01. The van der Waals surface area contributed by atoms with Gasteiger partial charge in [0.1, 0.15) is 23.7 Å². The largest absolute Gasteiger partial charge is 0.489 e. The maximum absolute atomic E-state index is 14.2. The van der Waals surface area contributed by atoms with Crippen LogP contribution in [-0.4, -0.2) is 53.6 Å². The van der Waals surface area contributed by atoms with Crippen molar-refractivity contribution in [3.05, 3.63) is 94.9 Å². The molecule has 2 aromatic heterocycles. The van der Waals surface area contributed by atoms with E-state index in [4.69, 9.17) is 14.3 Å². The summed E-state index contributed by atoms with van der Waals surface area (Å²) in [6.45, 7) is 18.4. The molecule has 0 spiro atoms. The number of hydrogen-bond donors (Lipinski definition) is 0. The quantitative estimate of drug-likeness (QED) is 0.164. The van der Waals surface area contributed by atoms with Crippen molar-refractivity contribution >= 4 is 20.3 Å². The first-order chi connectivity index (χ1) is 21.9. The molecule has 4 aromatic rings. The molecule has 46 heavy (non-hydrogen) atoms. The Balaban J connectivity index is 1.29. The van der Waals surface area contributed by atoms with Gasteiger partial charge in [-0.15, -0.1) is 0 Å². The predicted octanol–water partition coefficient (Wildman–Crippen LogP) is 8.36. The summed E-state index contributed by atoms with van der Waals surface area (Å²) in [5.74, 6) is 1.27. The lowest BCUT2D eigenvalue weighted by molar-refractivity contribution is 0.0666. The Labute approximate surface area is 274 Å². The second-order valence-corrected chi connectivity index (χ2v) is 19.0. The van der Waals surface area contributed by atoms with Crippen LogP contribution < -0.4 is 4.74 Å². The summed E-state index contributed by atoms with van der Waals surface area (Å²) < 4.78 is 14.5. The lowest BCUT2D eigenvalue weighted by Crippen LogP contribution is -2.46. The average Bonchev–Trinajstić information content (AvgIpc) is 3.67. The summed E-state index contributed by atoms with van der Waals surface area (Å²) in [6.07, 6.45) is 6.91. The van der Waals surface area contributed by atoms with E-state index in [0.29, 0.717) is 44.5 Å². The maximum atomic E-state index is 14.2. The van der Waals surface area contributed by atoms with Crippen LogP contribution in [0.25, 0.3) is 28.5 Å². The third-order valence-corrected chi connectivity index (χ3v) is 14.3. The molecule has 7 nitrogen and oxygen atoms in total. The Kier molecular flexibility index (Phi) is 8.78. The van der Waals surface area contributed by atoms with E-state index in [-0.39, 0.29) is 10.9 Å². The second kappa shape index (κ2) is 12.6. The summed E-state index contributed by atoms with van der Waals surface area (Å²) in [4.78, 5) is 20.7. The molecule has 0 saturated heterocycles. The number of aromatic nitrogens is 3. The fourth-order valence-electron chi connectivity index (χ4n) is 5.85. The van der Waals surface area contributed by atoms with Gasteiger partial charge in [0.2, 0.25) is 0 Å². The van der Waals surface area contributed by atoms with Crippen molar-refractivity contribution in [1.29, 1.82) is 0 Å². The van der Waals surface area contributed by atoms with Crippen LogP contribution in [-0.2, 0) is 24.0 Å². The fourth-order valence-corrected chi connectivity index (χ4v) is 6.89. The number of carbonyl (C=O) groups excluding carboxylic acids is 1. The topological polar surface area (TPSA) is 69.5 Å². The zero-order valence-electron chi connectivity index (χ0n) is 28.3. The third-order valence-electron chi connectivity index (χ3n) is 9.77. The van der Waals surface area contributed by atoms with Crippen LogP contribution in [0.1, 0.15) is 73.4 Å². The Morgan fingerprint density at radius 1 is 0.978 bits per heavy atom. The van der Waals surface area contributed by atoms with Crippen molar-refractivity contribution in [3.8, 4) is 28.1 Å². The number of carbonyl (C=O) groups is 1. The van der Waals surface area contributed by atoms with Crippen LogP contribution in [0.15, 0.2) is 66.9 Å². The predicted molar refractivity (Wildman–Crippen MR) is 188 cm³/mol. The van der Waals surface area contributed by atoms with Crippen molar-refractivity contribution in [2.75, 3.05) is 19.7 Å². The molecule has 0 N–H and O–H groups in total. The standard InChI is InChI=1S/C38H46N4O3Si/c1-26(2)28-13-11-27(12-14-28)25-44-30-17-15-29(16-18-30)34-35(32-19-20-39-33-10-8-9-31(32)33)40-42-22-21-41(37(43)36(34)42)23-24-45-46(6,7)38(3,4)5/h8-9,11-20,26H,10,21-25H2,1-7H3. The summed E-state index contributed by atoms with van der Waals surface area (Å²) in [7, 11) is -1.92. The summed E-state index contributed by atoms with van der Waals surface area (Å²) in [6, 6.07) is 18.7. The van der Waals surface area contributed by atoms with Crippen molar-refractivity contribution in [3.63, 3.8) is 0 Å². The molecule has 2 aliphatic rings. The molecule has 2 aromatic carbocycles. The zero-order valence-corrected chi connectivity index (χ0v) is 29.3. The lowest BCUT2D eigenvalue weighted by atomic mass is 9.95. The van der Waals surface area contributed by atoms with Crippen LogP contribution in [0.2, 0.25) is 18.1 Å². The Bertz CT molecular complexity index is 1750. The van der Waals surface area contributed by atoms with Crippen LogP contribution in [0.3, 0.4) is 0 Å². The van der Waals surface area contributed by atoms with Crippen molar-refractivity contribution in [1.82, 2.24) is 19.7 Å². The molecule has 0 atom stereocenters. The summed E-state index contributed by atoms with van der Waals surface area (Å²) in [5, 5.41) is 5.20. The van der Waals surface area contributed by atoms with Gasteiger partial charge in [0.15, 0.2) is 8.32 Å². The molecule has 0 unspecified atom stereocenters. The molecule has 1 aliphatic carbocycles. The number of fused-ring (bicyclic) bond motifs is 2. The van der Waals surface area contributed by atoms with Gasteiger partial charge in [0.05, 0.1) is 18.8 Å².